The van der Waals surface area contributed by atoms with Gasteiger partial charge in [0, 0.05) is 0 Å². The van der Waals surface area contributed by atoms with Crippen LogP contribution in [0.4, 0.5) is 5.69 Å². The zero-order valence-corrected chi connectivity index (χ0v) is 18.3. The molecule has 0 atom stereocenters. The van der Waals surface area contributed by atoms with Gasteiger partial charge in [-0.05, 0) is 37.4 Å². The fourth-order valence-electron chi connectivity index (χ4n) is 2.13. The molecule has 30 heavy (non-hydrogen) atoms. The van der Waals surface area contributed by atoms with Crippen LogP contribution in [-0.2, 0) is 29.6 Å². The molecule has 0 spiro atoms. The van der Waals surface area contributed by atoms with E-state index in [-0.39, 0.29) is 31.1 Å². The third kappa shape index (κ3) is 5.90. The van der Waals surface area contributed by atoms with Crippen molar-refractivity contribution in [2.75, 3.05) is 19.0 Å². The zero-order chi connectivity index (χ0) is 22.7. The van der Waals surface area contributed by atoms with Crippen molar-refractivity contribution < 1.29 is 31.2 Å². The van der Waals surface area contributed by atoms with Gasteiger partial charge in [0.25, 0.3) is 5.91 Å². The number of hydrogen-bond donors (Lipinski definition) is 3. The number of amides is 1. The van der Waals surface area contributed by atoms with Gasteiger partial charge in [-0.3, -0.25) is 4.79 Å². The first-order chi connectivity index (χ1) is 13.8. The van der Waals surface area contributed by atoms with Crippen LogP contribution in [0.5, 0.6) is 0 Å². The van der Waals surface area contributed by atoms with Gasteiger partial charge in [-0.1, -0.05) is 29.3 Å². The Morgan fingerprint density at radius 2 is 1.63 bits per heavy atom. The summed E-state index contributed by atoms with van der Waals surface area (Å²) in [5.74, 6) is -1.77. The lowest BCUT2D eigenvalue weighted by molar-refractivity contribution is -0.119. The highest BCUT2D eigenvalue weighted by molar-refractivity contribution is 7.89. The number of nitrogens with one attached hydrogen (secondary N) is 2. The third-order valence-corrected chi connectivity index (χ3v) is 6.49. The summed E-state index contributed by atoms with van der Waals surface area (Å²) in [6.07, 6.45) is 0. The Kier molecular flexibility index (Phi) is 7.45. The van der Waals surface area contributed by atoms with Crippen LogP contribution in [0.1, 0.15) is 10.4 Å². The molecule has 2 aromatic rings. The lowest BCUT2D eigenvalue weighted by Crippen LogP contribution is -2.22. The first-order valence-electron chi connectivity index (χ1n) is 7.87. The standard InChI is InChI=1S/C16H15Cl2N3O7S2/c1-20-30(26,27)10-4-2-3-9(5-10)16(23)28-8-14(22)21-15-12(17)6-11(7-13(15)18)29(19,24)25/h2-7,20H,8H2,1H3,(H,21,22)(H2,19,24,25). The molecule has 0 heterocycles. The van der Waals surface area contributed by atoms with Gasteiger partial charge in [0.05, 0.1) is 31.1 Å². The number of benzene rings is 2. The topological polar surface area (TPSA) is 162 Å². The number of carbonyl (C=O) groups excluding carboxylic acids is 2. The average molecular weight is 496 g/mol. The Morgan fingerprint density at radius 1 is 1.03 bits per heavy atom. The van der Waals surface area contributed by atoms with Crippen LogP contribution < -0.4 is 15.2 Å². The smallest absolute Gasteiger partial charge is 0.338 e. The molecule has 0 unspecified atom stereocenters. The van der Waals surface area contributed by atoms with E-state index >= 15 is 0 Å². The molecule has 2 rings (SSSR count). The molecule has 4 N–H and O–H groups in total. The molecule has 2 aromatic carbocycles. The molecule has 0 saturated heterocycles. The van der Waals surface area contributed by atoms with Crippen molar-refractivity contribution in [2.45, 2.75) is 9.79 Å². The van der Waals surface area contributed by atoms with E-state index in [1.165, 1.54) is 25.2 Å². The molecule has 0 aliphatic heterocycles. The zero-order valence-electron chi connectivity index (χ0n) is 15.2. The van der Waals surface area contributed by atoms with Crippen LogP contribution in [0.2, 0.25) is 10.0 Å². The molecule has 0 bridgehead atoms. The summed E-state index contributed by atoms with van der Waals surface area (Å²) in [6.45, 7) is -0.745. The van der Waals surface area contributed by atoms with Gasteiger partial charge in [-0.25, -0.2) is 31.5 Å². The minimum Gasteiger partial charge on any atom is -0.452 e. The van der Waals surface area contributed by atoms with Crippen LogP contribution >= 0.6 is 23.2 Å². The summed E-state index contributed by atoms with van der Waals surface area (Å²) in [7, 11) is -6.61. The summed E-state index contributed by atoms with van der Waals surface area (Å²) in [5, 5.41) is 6.89. The maximum Gasteiger partial charge on any atom is 0.338 e. The lowest BCUT2D eigenvalue weighted by Gasteiger charge is -2.11. The van der Waals surface area contributed by atoms with Crippen LogP contribution in [-0.4, -0.2) is 42.4 Å². The van der Waals surface area contributed by atoms with Crippen molar-refractivity contribution in [1.29, 1.82) is 0 Å². The summed E-state index contributed by atoms with van der Waals surface area (Å²) in [6, 6.07) is 7.02. The summed E-state index contributed by atoms with van der Waals surface area (Å²) in [5.41, 5.74) is -0.193. The van der Waals surface area contributed by atoms with Crippen LogP contribution in [0, 0.1) is 0 Å². The van der Waals surface area contributed by atoms with Crippen LogP contribution in [0.3, 0.4) is 0 Å². The summed E-state index contributed by atoms with van der Waals surface area (Å²) >= 11 is 11.9. The molecular weight excluding hydrogens is 481 g/mol. The molecule has 0 aliphatic carbocycles. The van der Waals surface area contributed by atoms with Crippen molar-refractivity contribution >= 4 is 60.8 Å². The molecule has 162 valence electrons. The fraction of sp³-hybridized carbons (Fsp3) is 0.125. The lowest BCUT2D eigenvalue weighted by atomic mass is 10.2. The van der Waals surface area contributed by atoms with E-state index in [2.05, 4.69) is 10.0 Å². The predicted molar refractivity (Wildman–Crippen MR) is 109 cm³/mol. The number of halogens is 2. The van der Waals surface area contributed by atoms with Gasteiger partial charge >= 0.3 is 5.97 Å². The molecule has 10 nitrogen and oxygen atoms in total. The Balaban J connectivity index is 2.09. The van der Waals surface area contributed by atoms with E-state index in [0.717, 1.165) is 18.2 Å². The molecule has 0 fully saturated rings. The quantitative estimate of drug-likeness (QED) is 0.488. The first kappa shape index (κ1) is 24.1. The van der Waals surface area contributed by atoms with Crippen molar-refractivity contribution in [3.05, 3.63) is 52.0 Å². The minimum absolute atomic E-state index is 0.0901. The number of rotatable bonds is 7. The second kappa shape index (κ2) is 9.29. The SMILES string of the molecule is CNS(=O)(=O)c1cccc(C(=O)OCC(=O)Nc2c(Cl)cc(S(N)(=O)=O)cc2Cl)c1. The Morgan fingerprint density at radius 3 is 2.17 bits per heavy atom. The van der Waals surface area contributed by atoms with Gasteiger partial charge in [-0.2, -0.15) is 0 Å². The van der Waals surface area contributed by atoms with Gasteiger partial charge in [-0.15, -0.1) is 0 Å². The second-order valence-corrected chi connectivity index (χ2v) is 9.93. The van der Waals surface area contributed by atoms with E-state index in [0.29, 0.717) is 0 Å². The number of sulfonamides is 2. The van der Waals surface area contributed by atoms with E-state index in [9.17, 15) is 26.4 Å². The average Bonchev–Trinajstić information content (AvgIpc) is 2.68. The van der Waals surface area contributed by atoms with Gasteiger partial charge in [0.1, 0.15) is 0 Å². The maximum atomic E-state index is 12.1. The number of anilines is 1. The van der Waals surface area contributed by atoms with E-state index < -0.39 is 38.5 Å². The van der Waals surface area contributed by atoms with E-state index in [1.54, 1.807) is 0 Å². The van der Waals surface area contributed by atoms with Crippen molar-refractivity contribution in [1.82, 2.24) is 4.72 Å². The molecule has 0 aromatic heterocycles. The number of primary sulfonamides is 1. The second-order valence-electron chi connectivity index (χ2n) is 5.67. The Labute approximate surface area is 182 Å². The van der Waals surface area contributed by atoms with Crippen molar-refractivity contribution in [2.24, 2.45) is 5.14 Å². The highest BCUT2D eigenvalue weighted by atomic mass is 35.5. The van der Waals surface area contributed by atoms with Gasteiger partial charge in [0.2, 0.25) is 20.0 Å². The number of carbonyl (C=O) groups is 2. The number of esters is 1. The first-order valence-corrected chi connectivity index (χ1v) is 11.7. The highest BCUT2D eigenvalue weighted by Crippen LogP contribution is 2.33. The normalized spacial score (nSPS) is 11.7. The molecule has 1 amide bonds. The maximum absolute atomic E-state index is 12.1. The number of hydrogen-bond acceptors (Lipinski definition) is 7. The van der Waals surface area contributed by atoms with Gasteiger partial charge < -0.3 is 10.1 Å². The Hall–Kier alpha value is -2.22. The predicted octanol–water partition coefficient (Wildman–Crippen LogP) is 1.34. The van der Waals surface area contributed by atoms with Crippen LogP contribution in [0.15, 0.2) is 46.2 Å². The minimum atomic E-state index is -4.06. The largest absolute Gasteiger partial charge is 0.452 e. The van der Waals surface area contributed by atoms with Crippen LogP contribution in [0.25, 0.3) is 0 Å². The summed E-state index contributed by atoms with van der Waals surface area (Å²) < 4.78 is 53.3. The molecule has 14 heteroatoms. The van der Waals surface area contributed by atoms with Crippen molar-refractivity contribution in [3.63, 3.8) is 0 Å². The molecular formula is C16H15Cl2N3O7S2. The monoisotopic (exact) mass is 495 g/mol. The molecule has 0 saturated carbocycles. The molecule has 0 aliphatic rings. The molecule has 0 radical (unpaired) electrons. The van der Waals surface area contributed by atoms with E-state index in [4.69, 9.17) is 33.1 Å². The fourth-order valence-corrected chi connectivity index (χ4v) is 4.18. The highest BCUT2D eigenvalue weighted by Gasteiger charge is 2.19. The number of ether oxygens (including phenoxy) is 1. The van der Waals surface area contributed by atoms with Crippen molar-refractivity contribution in [3.8, 4) is 0 Å². The van der Waals surface area contributed by atoms with E-state index in [1.807, 2.05) is 0 Å². The summed E-state index contributed by atoms with van der Waals surface area (Å²) in [4.78, 5) is 23.7. The number of nitrogens with two attached hydrogens (primary N) is 1. The van der Waals surface area contributed by atoms with Gasteiger partial charge in [0.15, 0.2) is 6.61 Å². The third-order valence-electron chi connectivity index (χ3n) is 3.59. The Bertz CT molecular complexity index is 1190.